The Balaban J connectivity index is 1.68. The Kier molecular flexibility index (Phi) is 6.24. The second-order valence-corrected chi connectivity index (χ2v) is 6.33. The number of methoxy groups -OCH3 is 1. The highest BCUT2D eigenvalue weighted by Crippen LogP contribution is 2.17. The summed E-state index contributed by atoms with van der Waals surface area (Å²) in [5, 5.41) is 6.04. The number of ether oxygens (including phenoxy) is 1. The van der Waals surface area contributed by atoms with Crippen molar-refractivity contribution in [3.05, 3.63) is 88.7 Å². The molecule has 0 saturated carbocycles. The molecule has 0 fully saturated rings. The number of nitrogens with zero attached hydrogens (tertiary/aromatic N) is 1. The highest BCUT2D eigenvalue weighted by molar-refractivity contribution is 6.31. The predicted molar refractivity (Wildman–Crippen MR) is 108 cm³/mol. The van der Waals surface area contributed by atoms with E-state index in [1.54, 1.807) is 31.4 Å². The summed E-state index contributed by atoms with van der Waals surface area (Å²) in [7, 11) is 1.57. The Morgan fingerprint density at radius 1 is 1.04 bits per heavy atom. The van der Waals surface area contributed by atoms with Gasteiger partial charge >= 0.3 is 0 Å². The number of benzene rings is 2. The summed E-state index contributed by atoms with van der Waals surface area (Å²) in [5.41, 5.74) is 1.87. The maximum absolute atomic E-state index is 12.4. The van der Waals surface area contributed by atoms with Gasteiger partial charge in [0.1, 0.15) is 11.4 Å². The van der Waals surface area contributed by atoms with Gasteiger partial charge in [0.25, 0.3) is 11.8 Å². The molecule has 1 heterocycles. The molecule has 0 atom stereocenters. The average Bonchev–Trinajstić information content (AvgIpc) is 2.72. The zero-order valence-electron chi connectivity index (χ0n) is 15.1. The molecule has 142 valence electrons. The average molecular weight is 396 g/mol. The number of pyridine rings is 1. The molecule has 0 bridgehead atoms. The van der Waals surface area contributed by atoms with Gasteiger partial charge in [0.2, 0.25) is 0 Å². The van der Waals surface area contributed by atoms with Crippen molar-refractivity contribution in [2.24, 2.45) is 0 Å². The van der Waals surface area contributed by atoms with E-state index >= 15 is 0 Å². The molecule has 0 aliphatic rings. The first-order valence-electron chi connectivity index (χ1n) is 8.50. The molecular formula is C21H18ClN3O3. The van der Waals surface area contributed by atoms with E-state index in [0.29, 0.717) is 22.0 Å². The third-order valence-electron chi connectivity index (χ3n) is 3.97. The van der Waals surface area contributed by atoms with E-state index in [1.165, 1.54) is 18.3 Å². The number of amides is 2. The fourth-order valence-corrected chi connectivity index (χ4v) is 2.77. The van der Waals surface area contributed by atoms with Crippen LogP contribution >= 0.6 is 11.6 Å². The SMILES string of the molecule is COc1ccccc1CNC(=O)c1cc(C(=O)Nc2cccc(Cl)c2)ccn1. The molecule has 6 nitrogen and oxygen atoms in total. The summed E-state index contributed by atoms with van der Waals surface area (Å²) in [6.07, 6.45) is 1.42. The van der Waals surface area contributed by atoms with Crippen molar-refractivity contribution >= 4 is 29.1 Å². The molecule has 28 heavy (non-hydrogen) atoms. The molecule has 0 aliphatic heterocycles. The molecule has 7 heteroatoms. The van der Waals surface area contributed by atoms with Gasteiger partial charge < -0.3 is 15.4 Å². The van der Waals surface area contributed by atoms with Crippen LogP contribution in [-0.4, -0.2) is 23.9 Å². The summed E-state index contributed by atoms with van der Waals surface area (Å²) in [6.45, 7) is 0.281. The van der Waals surface area contributed by atoms with E-state index in [-0.39, 0.29) is 24.1 Å². The van der Waals surface area contributed by atoms with Gasteiger partial charge in [0.15, 0.2) is 0 Å². The van der Waals surface area contributed by atoms with Gasteiger partial charge in [0, 0.05) is 34.6 Å². The van der Waals surface area contributed by atoms with Crippen molar-refractivity contribution in [2.75, 3.05) is 12.4 Å². The van der Waals surface area contributed by atoms with Gasteiger partial charge in [-0.2, -0.15) is 0 Å². The van der Waals surface area contributed by atoms with E-state index in [9.17, 15) is 9.59 Å². The number of rotatable bonds is 6. The monoisotopic (exact) mass is 395 g/mol. The lowest BCUT2D eigenvalue weighted by Gasteiger charge is -2.10. The van der Waals surface area contributed by atoms with Crippen LogP contribution < -0.4 is 15.4 Å². The van der Waals surface area contributed by atoms with Crippen molar-refractivity contribution in [2.45, 2.75) is 6.54 Å². The van der Waals surface area contributed by atoms with Crippen LogP contribution in [0.2, 0.25) is 5.02 Å². The van der Waals surface area contributed by atoms with Crippen molar-refractivity contribution in [3.63, 3.8) is 0 Å². The summed E-state index contributed by atoms with van der Waals surface area (Å²) >= 11 is 5.92. The second-order valence-electron chi connectivity index (χ2n) is 5.89. The van der Waals surface area contributed by atoms with E-state index < -0.39 is 0 Å². The molecule has 0 unspecified atom stereocenters. The van der Waals surface area contributed by atoms with Crippen LogP contribution in [0.4, 0.5) is 5.69 Å². The fourth-order valence-electron chi connectivity index (χ4n) is 2.58. The Hall–Kier alpha value is -3.38. The highest BCUT2D eigenvalue weighted by Gasteiger charge is 2.13. The number of nitrogens with one attached hydrogen (secondary N) is 2. The maximum Gasteiger partial charge on any atom is 0.270 e. The number of carbonyl (C=O) groups excluding carboxylic acids is 2. The minimum Gasteiger partial charge on any atom is -0.496 e. The quantitative estimate of drug-likeness (QED) is 0.662. The third kappa shape index (κ3) is 4.86. The minimum absolute atomic E-state index is 0.147. The van der Waals surface area contributed by atoms with Gasteiger partial charge in [-0.15, -0.1) is 0 Å². The number of anilines is 1. The predicted octanol–water partition coefficient (Wildman–Crippen LogP) is 3.93. The van der Waals surface area contributed by atoms with Crippen molar-refractivity contribution in [1.82, 2.24) is 10.3 Å². The van der Waals surface area contributed by atoms with E-state index in [2.05, 4.69) is 15.6 Å². The number of aromatic nitrogens is 1. The molecule has 0 radical (unpaired) electrons. The molecule has 2 amide bonds. The zero-order valence-corrected chi connectivity index (χ0v) is 15.9. The number of carbonyl (C=O) groups is 2. The molecule has 0 spiro atoms. The first-order chi connectivity index (χ1) is 13.6. The van der Waals surface area contributed by atoms with Gasteiger partial charge in [-0.05, 0) is 36.4 Å². The summed E-state index contributed by atoms with van der Waals surface area (Å²) in [5.74, 6) is -0.0582. The zero-order chi connectivity index (χ0) is 19.9. The van der Waals surface area contributed by atoms with Crippen LogP contribution in [0.25, 0.3) is 0 Å². The molecule has 3 aromatic rings. The first-order valence-corrected chi connectivity index (χ1v) is 8.87. The summed E-state index contributed by atoms with van der Waals surface area (Å²) in [6, 6.07) is 17.2. The van der Waals surface area contributed by atoms with Gasteiger partial charge in [-0.1, -0.05) is 35.9 Å². The van der Waals surface area contributed by atoms with Crippen LogP contribution in [-0.2, 0) is 6.54 Å². The van der Waals surface area contributed by atoms with Crippen molar-refractivity contribution in [1.29, 1.82) is 0 Å². The minimum atomic E-state index is -0.386. The molecular weight excluding hydrogens is 378 g/mol. The van der Waals surface area contributed by atoms with Gasteiger partial charge in [-0.3, -0.25) is 14.6 Å². The normalized spacial score (nSPS) is 10.2. The molecule has 2 N–H and O–H groups in total. The Morgan fingerprint density at radius 2 is 1.86 bits per heavy atom. The first kappa shape index (κ1) is 19.4. The van der Waals surface area contributed by atoms with E-state index in [1.807, 2.05) is 24.3 Å². The topological polar surface area (TPSA) is 80.3 Å². The van der Waals surface area contributed by atoms with Crippen molar-refractivity contribution < 1.29 is 14.3 Å². The van der Waals surface area contributed by atoms with Gasteiger partial charge in [0.05, 0.1) is 7.11 Å². The molecule has 0 saturated heterocycles. The lowest BCUT2D eigenvalue weighted by Crippen LogP contribution is -2.24. The summed E-state index contributed by atoms with van der Waals surface area (Å²) < 4.78 is 5.27. The number of para-hydroxylation sites is 1. The van der Waals surface area contributed by atoms with E-state index in [4.69, 9.17) is 16.3 Å². The second kappa shape index (κ2) is 9.01. The highest BCUT2D eigenvalue weighted by atomic mass is 35.5. The Bertz CT molecular complexity index is 1010. The van der Waals surface area contributed by atoms with Crippen LogP contribution in [0, 0.1) is 0 Å². The summed E-state index contributed by atoms with van der Waals surface area (Å²) in [4.78, 5) is 28.9. The van der Waals surface area contributed by atoms with Crippen LogP contribution in [0.1, 0.15) is 26.4 Å². The standard InChI is InChI=1S/C21H18ClN3O3/c1-28-19-8-3-2-5-15(19)13-24-21(27)18-11-14(9-10-23-18)20(26)25-17-7-4-6-16(22)12-17/h2-12H,13H2,1H3,(H,24,27)(H,25,26). The number of hydrogen-bond donors (Lipinski definition) is 2. The lowest BCUT2D eigenvalue weighted by atomic mass is 10.2. The maximum atomic E-state index is 12.4. The number of halogens is 1. The molecule has 0 aliphatic carbocycles. The van der Waals surface area contributed by atoms with Crippen LogP contribution in [0.3, 0.4) is 0 Å². The van der Waals surface area contributed by atoms with Crippen molar-refractivity contribution in [3.8, 4) is 5.75 Å². The largest absolute Gasteiger partial charge is 0.496 e. The Morgan fingerprint density at radius 3 is 2.64 bits per heavy atom. The Labute approximate surface area is 167 Å². The molecule has 3 rings (SSSR count). The smallest absolute Gasteiger partial charge is 0.270 e. The van der Waals surface area contributed by atoms with Crippen LogP contribution in [0.5, 0.6) is 5.75 Å². The van der Waals surface area contributed by atoms with Gasteiger partial charge in [-0.25, -0.2) is 0 Å². The number of hydrogen-bond acceptors (Lipinski definition) is 4. The lowest BCUT2D eigenvalue weighted by molar-refractivity contribution is 0.0945. The van der Waals surface area contributed by atoms with E-state index in [0.717, 1.165) is 5.56 Å². The van der Waals surface area contributed by atoms with Crippen LogP contribution in [0.15, 0.2) is 66.9 Å². The molecule has 1 aromatic heterocycles. The third-order valence-corrected chi connectivity index (χ3v) is 4.20. The molecule has 2 aromatic carbocycles. The fraction of sp³-hybridized carbons (Fsp3) is 0.0952.